The molecule has 0 aromatic heterocycles. The number of carbonyl (C=O) groups excluding carboxylic acids is 1. The highest BCUT2D eigenvalue weighted by Gasteiger charge is 2.31. The van der Waals surface area contributed by atoms with E-state index >= 15 is 0 Å². The van der Waals surface area contributed by atoms with E-state index in [0.29, 0.717) is 13.3 Å². The van der Waals surface area contributed by atoms with E-state index in [1.54, 1.807) is 0 Å². The first-order valence-electron chi connectivity index (χ1n) is 8.00. The Balaban J connectivity index is 1.76. The first-order valence-corrected chi connectivity index (χ1v) is 8.00. The molecule has 1 N–H and O–H groups in total. The van der Waals surface area contributed by atoms with E-state index in [4.69, 9.17) is 4.74 Å². The summed E-state index contributed by atoms with van der Waals surface area (Å²) in [5.74, 6) is 0.0758. The quantitative estimate of drug-likeness (QED) is 0.748. The molecular weight excluding hydrogens is 264 g/mol. The van der Waals surface area contributed by atoms with Crippen LogP contribution in [0, 0.1) is 0 Å². The van der Waals surface area contributed by atoms with E-state index in [2.05, 4.69) is 12.2 Å². The fourth-order valence-corrected chi connectivity index (χ4v) is 2.59. The molecule has 1 aliphatic rings. The number of hydrogen-bond donors (Lipinski definition) is 1. The van der Waals surface area contributed by atoms with Crippen molar-refractivity contribution in [2.45, 2.75) is 45.1 Å². The molecule has 116 valence electrons. The number of carbonyl (C=O) groups is 1. The van der Waals surface area contributed by atoms with Crippen molar-refractivity contribution in [3.63, 3.8) is 0 Å². The minimum atomic E-state index is -0.206. The second kappa shape index (κ2) is 8.67. The minimum Gasteiger partial charge on any atom is -0.358 e. The molecule has 0 aliphatic carbocycles. The lowest BCUT2D eigenvalue weighted by molar-refractivity contribution is -0.122. The molecule has 1 fully saturated rings. The largest absolute Gasteiger partial charge is 0.358 e. The van der Waals surface area contributed by atoms with Crippen molar-refractivity contribution in [2.24, 2.45) is 0 Å². The Morgan fingerprint density at radius 3 is 2.76 bits per heavy atom. The minimum absolute atomic E-state index is 0.0758. The Labute approximate surface area is 127 Å². The number of nitrogens with one attached hydrogen (secondary N) is 1. The van der Waals surface area contributed by atoms with Gasteiger partial charge in [-0.3, -0.25) is 4.79 Å². The van der Waals surface area contributed by atoms with Gasteiger partial charge in [-0.05, 0) is 18.6 Å². The van der Waals surface area contributed by atoms with Crippen molar-refractivity contribution in [3.05, 3.63) is 30.3 Å². The molecule has 1 aromatic carbocycles. The van der Waals surface area contributed by atoms with Crippen molar-refractivity contribution in [1.29, 1.82) is 0 Å². The van der Waals surface area contributed by atoms with Crippen LogP contribution in [0.15, 0.2) is 30.3 Å². The third-order valence-corrected chi connectivity index (χ3v) is 3.85. The van der Waals surface area contributed by atoms with Gasteiger partial charge >= 0.3 is 0 Å². The second-order valence-corrected chi connectivity index (χ2v) is 5.53. The lowest BCUT2D eigenvalue weighted by atomic mass is 10.1. The summed E-state index contributed by atoms with van der Waals surface area (Å²) in [4.78, 5) is 14.3. The standard InChI is InChI=1S/C17H26N2O2/c1-2-3-4-5-9-12-18-17(20)16-13-21-14-19(16)15-10-7-6-8-11-15/h6-8,10-11,16H,2-5,9,12-14H2,1H3,(H,18,20). The number of amides is 1. The van der Waals surface area contributed by atoms with Gasteiger partial charge in [-0.2, -0.15) is 0 Å². The van der Waals surface area contributed by atoms with Gasteiger partial charge in [-0.1, -0.05) is 50.8 Å². The van der Waals surface area contributed by atoms with E-state index in [1.165, 1.54) is 25.7 Å². The highest BCUT2D eigenvalue weighted by Crippen LogP contribution is 2.20. The predicted octanol–water partition coefficient (Wildman–Crippen LogP) is 2.94. The molecule has 1 heterocycles. The van der Waals surface area contributed by atoms with Crippen molar-refractivity contribution in [2.75, 3.05) is 24.8 Å². The third kappa shape index (κ3) is 4.74. The Bertz CT molecular complexity index is 422. The van der Waals surface area contributed by atoms with Crippen LogP contribution in [0.4, 0.5) is 5.69 Å². The zero-order valence-corrected chi connectivity index (χ0v) is 12.9. The summed E-state index contributed by atoms with van der Waals surface area (Å²) in [6, 6.07) is 9.76. The number of hydrogen-bond acceptors (Lipinski definition) is 3. The molecular formula is C17H26N2O2. The van der Waals surface area contributed by atoms with Gasteiger partial charge in [0.05, 0.1) is 6.61 Å². The van der Waals surface area contributed by atoms with Crippen LogP contribution in [0.1, 0.15) is 39.0 Å². The number of unbranched alkanes of at least 4 members (excludes halogenated alkanes) is 4. The fourth-order valence-electron chi connectivity index (χ4n) is 2.59. The Hall–Kier alpha value is -1.55. The van der Waals surface area contributed by atoms with Crippen molar-refractivity contribution in [1.82, 2.24) is 5.32 Å². The van der Waals surface area contributed by atoms with Crippen LogP contribution in [-0.2, 0) is 9.53 Å². The van der Waals surface area contributed by atoms with Crippen LogP contribution in [0.3, 0.4) is 0 Å². The molecule has 4 heteroatoms. The maximum atomic E-state index is 12.3. The molecule has 1 unspecified atom stereocenters. The zero-order valence-electron chi connectivity index (χ0n) is 12.9. The van der Waals surface area contributed by atoms with Crippen LogP contribution in [0.25, 0.3) is 0 Å². The molecule has 1 saturated heterocycles. The second-order valence-electron chi connectivity index (χ2n) is 5.53. The molecule has 1 atom stereocenters. The number of rotatable bonds is 8. The Morgan fingerprint density at radius 2 is 2.00 bits per heavy atom. The molecule has 0 spiro atoms. The molecule has 1 amide bonds. The molecule has 21 heavy (non-hydrogen) atoms. The average Bonchev–Trinajstić information content (AvgIpc) is 3.01. The lowest BCUT2D eigenvalue weighted by Gasteiger charge is -2.23. The van der Waals surface area contributed by atoms with E-state index < -0.39 is 0 Å². The first-order chi connectivity index (χ1) is 10.3. The summed E-state index contributed by atoms with van der Waals surface area (Å²) in [5, 5.41) is 3.04. The van der Waals surface area contributed by atoms with Gasteiger partial charge in [0.25, 0.3) is 0 Å². The predicted molar refractivity (Wildman–Crippen MR) is 85.3 cm³/mol. The Morgan fingerprint density at radius 1 is 1.24 bits per heavy atom. The summed E-state index contributed by atoms with van der Waals surface area (Å²) in [6.07, 6.45) is 6.04. The van der Waals surface area contributed by atoms with Gasteiger partial charge in [-0.15, -0.1) is 0 Å². The number of para-hydroxylation sites is 1. The van der Waals surface area contributed by atoms with E-state index in [1.807, 2.05) is 35.2 Å². The lowest BCUT2D eigenvalue weighted by Crippen LogP contribution is -2.45. The molecule has 4 nitrogen and oxygen atoms in total. The monoisotopic (exact) mass is 290 g/mol. The van der Waals surface area contributed by atoms with Gasteiger partial charge in [0, 0.05) is 12.2 Å². The number of benzene rings is 1. The molecule has 1 aliphatic heterocycles. The molecule has 2 rings (SSSR count). The summed E-state index contributed by atoms with van der Waals surface area (Å²) < 4.78 is 5.47. The topological polar surface area (TPSA) is 41.6 Å². The van der Waals surface area contributed by atoms with E-state index in [0.717, 1.165) is 18.7 Å². The van der Waals surface area contributed by atoms with E-state index in [-0.39, 0.29) is 11.9 Å². The summed E-state index contributed by atoms with van der Waals surface area (Å²) in [5.41, 5.74) is 1.04. The molecule has 0 saturated carbocycles. The summed E-state index contributed by atoms with van der Waals surface area (Å²) >= 11 is 0. The van der Waals surface area contributed by atoms with Gasteiger partial charge in [0.2, 0.25) is 5.91 Å². The van der Waals surface area contributed by atoms with Gasteiger partial charge in [0.1, 0.15) is 12.8 Å². The third-order valence-electron chi connectivity index (χ3n) is 3.85. The fraction of sp³-hybridized carbons (Fsp3) is 0.588. The summed E-state index contributed by atoms with van der Waals surface area (Å²) in [6.45, 7) is 3.93. The number of nitrogens with zero attached hydrogens (tertiary/aromatic N) is 1. The Kier molecular flexibility index (Phi) is 6.54. The van der Waals surface area contributed by atoms with Crippen LogP contribution in [0.2, 0.25) is 0 Å². The SMILES string of the molecule is CCCCCCCNC(=O)C1COCN1c1ccccc1. The molecule has 0 radical (unpaired) electrons. The smallest absolute Gasteiger partial charge is 0.245 e. The van der Waals surface area contributed by atoms with Gasteiger partial charge in [0.15, 0.2) is 0 Å². The normalized spacial score (nSPS) is 18.0. The number of anilines is 1. The maximum absolute atomic E-state index is 12.3. The van der Waals surface area contributed by atoms with Crippen molar-refractivity contribution in [3.8, 4) is 0 Å². The highest BCUT2D eigenvalue weighted by molar-refractivity contribution is 5.85. The van der Waals surface area contributed by atoms with E-state index in [9.17, 15) is 4.79 Å². The van der Waals surface area contributed by atoms with Crippen LogP contribution >= 0.6 is 0 Å². The van der Waals surface area contributed by atoms with Gasteiger partial charge < -0.3 is 15.0 Å². The molecule has 0 bridgehead atoms. The maximum Gasteiger partial charge on any atom is 0.245 e. The first kappa shape index (κ1) is 15.8. The van der Waals surface area contributed by atoms with Crippen molar-refractivity contribution >= 4 is 11.6 Å². The summed E-state index contributed by atoms with van der Waals surface area (Å²) in [7, 11) is 0. The highest BCUT2D eigenvalue weighted by atomic mass is 16.5. The van der Waals surface area contributed by atoms with Gasteiger partial charge in [-0.25, -0.2) is 0 Å². The van der Waals surface area contributed by atoms with Crippen LogP contribution in [0.5, 0.6) is 0 Å². The van der Waals surface area contributed by atoms with Crippen LogP contribution < -0.4 is 10.2 Å². The van der Waals surface area contributed by atoms with Crippen LogP contribution in [-0.4, -0.2) is 31.8 Å². The average molecular weight is 290 g/mol. The zero-order chi connectivity index (χ0) is 14.9. The number of ether oxygens (including phenoxy) is 1. The molecule has 1 aromatic rings. The van der Waals surface area contributed by atoms with Crippen molar-refractivity contribution < 1.29 is 9.53 Å².